The van der Waals surface area contributed by atoms with Gasteiger partial charge in [0.1, 0.15) is 0 Å². The van der Waals surface area contributed by atoms with E-state index < -0.39 is 0 Å². The van der Waals surface area contributed by atoms with E-state index >= 15 is 0 Å². The van der Waals surface area contributed by atoms with Gasteiger partial charge >= 0.3 is 0 Å². The van der Waals surface area contributed by atoms with Crippen LogP contribution in [0.1, 0.15) is 17.5 Å². The van der Waals surface area contributed by atoms with Gasteiger partial charge in [-0.3, -0.25) is 4.79 Å². The van der Waals surface area contributed by atoms with Crippen molar-refractivity contribution in [1.82, 2.24) is 0 Å². The number of carbonyl (C=O) groups excluding carboxylic acids is 1. The monoisotopic (exact) mass is 336 g/mol. The summed E-state index contributed by atoms with van der Waals surface area (Å²) in [7, 11) is 0. The summed E-state index contributed by atoms with van der Waals surface area (Å²) in [5.74, 6) is -0.0232. The standard InChI is InChI=1S/C17H18Cl2N2O/c1-11-4-3-5-12(2)17(11)21-16(22)8-9-20-13-6-7-14(18)15(19)10-13/h3-7,10,20H,8-9H2,1-2H3,(H,21,22). The second kappa shape index (κ2) is 7.52. The van der Waals surface area contributed by atoms with Crippen molar-refractivity contribution in [3.8, 4) is 0 Å². The van der Waals surface area contributed by atoms with E-state index in [1.807, 2.05) is 38.1 Å². The van der Waals surface area contributed by atoms with Crippen molar-refractivity contribution >= 4 is 40.5 Å². The predicted molar refractivity (Wildman–Crippen MR) is 94.1 cm³/mol. The average molecular weight is 337 g/mol. The van der Waals surface area contributed by atoms with E-state index in [1.165, 1.54) is 0 Å². The lowest BCUT2D eigenvalue weighted by Gasteiger charge is -2.12. The summed E-state index contributed by atoms with van der Waals surface area (Å²) in [4.78, 5) is 12.0. The molecular formula is C17H18Cl2N2O. The van der Waals surface area contributed by atoms with E-state index in [0.29, 0.717) is 23.0 Å². The van der Waals surface area contributed by atoms with Crippen LogP contribution in [0.2, 0.25) is 10.0 Å². The fourth-order valence-electron chi connectivity index (χ4n) is 2.14. The second-order valence-corrected chi connectivity index (χ2v) is 5.94. The number of carbonyl (C=O) groups is 1. The summed E-state index contributed by atoms with van der Waals surface area (Å²) in [6.07, 6.45) is 0.369. The number of hydrogen-bond acceptors (Lipinski definition) is 2. The van der Waals surface area contributed by atoms with Gasteiger partial charge in [-0.1, -0.05) is 41.4 Å². The van der Waals surface area contributed by atoms with Crippen molar-refractivity contribution in [3.63, 3.8) is 0 Å². The maximum atomic E-state index is 12.0. The van der Waals surface area contributed by atoms with Gasteiger partial charge in [0.25, 0.3) is 0 Å². The molecule has 2 aromatic rings. The fraction of sp³-hybridized carbons (Fsp3) is 0.235. The molecule has 0 aliphatic rings. The summed E-state index contributed by atoms with van der Waals surface area (Å²) in [5, 5.41) is 7.12. The van der Waals surface area contributed by atoms with Crippen molar-refractivity contribution in [2.24, 2.45) is 0 Å². The molecule has 0 saturated carbocycles. The normalized spacial score (nSPS) is 10.4. The predicted octanol–water partition coefficient (Wildman–Crippen LogP) is 5.05. The van der Waals surface area contributed by atoms with Gasteiger partial charge in [-0.25, -0.2) is 0 Å². The van der Waals surface area contributed by atoms with E-state index in [9.17, 15) is 4.79 Å². The van der Waals surface area contributed by atoms with Crippen LogP contribution in [0.3, 0.4) is 0 Å². The zero-order valence-electron chi connectivity index (χ0n) is 12.5. The molecule has 0 unspecified atom stereocenters. The largest absolute Gasteiger partial charge is 0.384 e. The summed E-state index contributed by atoms with van der Waals surface area (Å²) < 4.78 is 0. The van der Waals surface area contributed by atoms with E-state index in [-0.39, 0.29) is 5.91 Å². The Morgan fingerprint density at radius 3 is 2.36 bits per heavy atom. The average Bonchev–Trinajstić information content (AvgIpc) is 2.47. The number of para-hydroxylation sites is 1. The van der Waals surface area contributed by atoms with Crippen LogP contribution in [-0.2, 0) is 4.79 Å². The molecule has 0 aliphatic carbocycles. The highest BCUT2D eigenvalue weighted by Gasteiger charge is 2.07. The van der Waals surface area contributed by atoms with E-state index in [2.05, 4.69) is 10.6 Å². The van der Waals surface area contributed by atoms with Gasteiger partial charge < -0.3 is 10.6 Å². The summed E-state index contributed by atoms with van der Waals surface area (Å²) in [6, 6.07) is 11.2. The van der Waals surface area contributed by atoms with Gasteiger partial charge in [0.05, 0.1) is 10.0 Å². The summed E-state index contributed by atoms with van der Waals surface area (Å²) in [5.41, 5.74) is 3.85. The molecule has 116 valence electrons. The molecule has 22 heavy (non-hydrogen) atoms. The first-order chi connectivity index (χ1) is 10.5. The lowest BCUT2D eigenvalue weighted by Crippen LogP contribution is -2.17. The Morgan fingerprint density at radius 1 is 1.05 bits per heavy atom. The number of halogens is 2. The number of anilines is 2. The van der Waals surface area contributed by atoms with E-state index in [0.717, 1.165) is 22.5 Å². The molecule has 2 aromatic carbocycles. The third kappa shape index (κ3) is 4.39. The fourth-order valence-corrected chi connectivity index (χ4v) is 2.44. The molecule has 2 rings (SSSR count). The van der Waals surface area contributed by atoms with Crippen LogP contribution in [-0.4, -0.2) is 12.5 Å². The van der Waals surface area contributed by atoms with Crippen molar-refractivity contribution in [3.05, 3.63) is 57.6 Å². The van der Waals surface area contributed by atoms with Gasteiger partial charge in [-0.05, 0) is 43.2 Å². The maximum absolute atomic E-state index is 12.0. The molecule has 0 heterocycles. The second-order valence-electron chi connectivity index (χ2n) is 5.12. The van der Waals surface area contributed by atoms with Crippen LogP contribution in [0.4, 0.5) is 11.4 Å². The minimum atomic E-state index is -0.0232. The zero-order chi connectivity index (χ0) is 16.1. The number of rotatable bonds is 5. The van der Waals surface area contributed by atoms with Crippen LogP contribution in [0.15, 0.2) is 36.4 Å². The van der Waals surface area contributed by atoms with E-state index in [4.69, 9.17) is 23.2 Å². The topological polar surface area (TPSA) is 41.1 Å². The molecule has 0 atom stereocenters. The van der Waals surface area contributed by atoms with Gasteiger partial charge in [0.15, 0.2) is 0 Å². The SMILES string of the molecule is Cc1cccc(C)c1NC(=O)CCNc1ccc(Cl)c(Cl)c1. The van der Waals surface area contributed by atoms with Gasteiger partial charge in [0.2, 0.25) is 5.91 Å². The van der Waals surface area contributed by atoms with Crippen LogP contribution in [0.5, 0.6) is 0 Å². The van der Waals surface area contributed by atoms with Crippen molar-refractivity contribution in [2.75, 3.05) is 17.2 Å². The maximum Gasteiger partial charge on any atom is 0.226 e. The van der Waals surface area contributed by atoms with Crippen LogP contribution >= 0.6 is 23.2 Å². The molecule has 0 aliphatic heterocycles. The van der Waals surface area contributed by atoms with Crippen molar-refractivity contribution in [2.45, 2.75) is 20.3 Å². The smallest absolute Gasteiger partial charge is 0.226 e. The minimum absolute atomic E-state index is 0.0232. The molecule has 0 radical (unpaired) electrons. The first-order valence-electron chi connectivity index (χ1n) is 7.02. The zero-order valence-corrected chi connectivity index (χ0v) is 14.1. The third-order valence-corrected chi connectivity index (χ3v) is 4.09. The Labute approximate surface area is 140 Å². The molecule has 0 spiro atoms. The molecule has 1 amide bonds. The van der Waals surface area contributed by atoms with Gasteiger partial charge in [-0.15, -0.1) is 0 Å². The molecule has 0 bridgehead atoms. The molecular weight excluding hydrogens is 319 g/mol. The van der Waals surface area contributed by atoms with Gasteiger partial charge in [0, 0.05) is 24.3 Å². The van der Waals surface area contributed by atoms with Crippen LogP contribution in [0, 0.1) is 13.8 Å². The first-order valence-corrected chi connectivity index (χ1v) is 7.78. The lowest BCUT2D eigenvalue weighted by molar-refractivity contribution is -0.115. The number of hydrogen-bond donors (Lipinski definition) is 2. The summed E-state index contributed by atoms with van der Waals surface area (Å²) >= 11 is 11.8. The van der Waals surface area contributed by atoms with Crippen LogP contribution in [0.25, 0.3) is 0 Å². The lowest BCUT2D eigenvalue weighted by atomic mass is 10.1. The highest BCUT2D eigenvalue weighted by Crippen LogP contribution is 2.25. The Morgan fingerprint density at radius 2 is 1.73 bits per heavy atom. The van der Waals surface area contributed by atoms with Crippen molar-refractivity contribution in [1.29, 1.82) is 0 Å². The molecule has 0 saturated heterocycles. The van der Waals surface area contributed by atoms with Crippen molar-refractivity contribution < 1.29 is 4.79 Å². The molecule has 5 heteroatoms. The number of benzene rings is 2. The number of nitrogens with one attached hydrogen (secondary N) is 2. The highest BCUT2D eigenvalue weighted by atomic mass is 35.5. The van der Waals surface area contributed by atoms with Gasteiger partial charge in [-0.2, -0.15) is 0 Å². The first kappa shape index (κ1) is 16.7. The van der Waals surface area contributed by atoms with Crippen LogP contribution < -0.4 is 10.6 Å². The van der Waals surface area contributed by atoms with E-state index in [1.54, 1.807) is 12.1 Å². The highest BCUT2D eigenvalue weighted by molar-refractivity contribution is 6.42. The Balaban J connectivity index is 1.86. The molecule has 2 N–H and O–H groups in total. The molecule has 0 fully saturated rings. The Bertz CT molecular complexity index is 666. The molecule has 0 aromatic heterocycles. The Hall–Kier alpha value is -1.71. The summed E-state index contributed by atoms with van der Waals surface area (Å²) in [6.45, 7) is 4.49. The number of aryl methyl sites for hydroxylation is 2. The number of amides is 1. The Kier molecular flexibility index (Phi) is 5.69. The molecule has 3 nitrogen and oxygen atoms in total. The third-order valence-electron chi connectivity index (χ3n) is 3.35. The quantitative estimate of drug-likeness (QED) is 0.801. The minimum Gasteiger partial charge on any atom is -0.384 e.